The molecule has 0 aromatic heterocycles. The number of hydrogen-bond acceptors (Lipinski definition) is 4. The summed E-state index contributed by atoms with van der Waals surface area (Å²) in [4.78, 5) is 29.3. The number of halogens is 4. The van der Waals surface area contributed by atoms with E-state index in [1.165, 1.54) is 35.2 Å². The Morgan fingerprint density at radius 2 is 1.34 bits per heavy atom. The average molecular weight is 693 g/mol. The van der Waals surface area contributed by atoms with Gasteiger partial charge in [0.25, 0.3) is 10.0 Å². The van der Waals surface area contributed by atoms with E-state index in [-0.39, 0.29) is 38.6 Å². The SMILES string of the molecule is CCNC(=O)[C@H](Cc1ccccc1)N(Cc1ccc(Cl)c(Cl)c1)C(=O)CN(c1ccc(Cl)c(Cl)c1)S(=O)(=O)c1ccccc1. The van der Waals surface area contributed by atoms with Crippen molar-refractivity contribution in [2.45, 2.75) is 30.8 Å². The monoisotopic (exact) mass is 691 g/mol. The molecular weight excluding hydrogens is 664 g/mol. The molecule has 0 saturated carbocycles. The maximum Gasteiger partial charge on any atom is 0.264 e. The van der Waals surface area contributed by atoms with Gasteiger partial charge in [-0.1, -0.05) is 101 Å². The van der Waals surface area contributed by atoms with E-state index in [0.29, 0.717) is 17.1 Å². The molecule has 7 nitrogen and oxygen atoms in total. The molecule has 0 aliphatic carbocycles. The van der Waals surface area contributed by atoms with Crippen LogP contribution in [-0.4, -0.2) is 44.3 Å². The van der Waals surface area contributed by atoms with Gasteiger partial charge in [-0.2, -0.15) is 0 Å². The highest BCUT2D eigenvalue weighted by molar-refractivity contribution is 7.92. The van der Waals surface area contributed by atoms with Crippen molar-refractivity contribution in [2.24, 2.45) is 0 Å². The Bertz CT molecular complexity index is 1720. The third kappa shape index (κ3) is 8.25. The number of nitrogens with one attached hydrogen (secondary N) is 1. The highest BCUT2D eigenvalue weighted by atomic mass is 35.5. The number of carbonyl (C=O) groups excluding carboxylic acids is 2. The molecule has 4 aromatic rings. The van der Waals surface area contributed by atoms with E-state index < -0.39 is 34.4 Å². The Morgan fingerprint density at radius 3 is 1.93 bits per heavy atom. The normalized spacial score (nSPS) is 11.9. The number of likely N-dealkylation sites (N-methyl/N-ethyl adjacent to an activating group) is 1. The predicted molar refractivity (Wildman–Crippen MR) is 177 cm³/mol. The van der Waals surface area contributed by atoms with E-state index in [9.17, 15) is 18.0 Å². The summed E-state index contributed by atoms with van der Waals surface area (Å²) >= 11 is 24.8. The fraction of sp³-hybridized carbons (Fsp3) is 0.188. The minimum absolute atomic E-state index is 0.0283. The van der Waals surface area contributed by atoms with E-state index in [1.807, 2.05) is 30.3 Å². The molecular formula is C32H29Cl4N3O4S. The largest absolute Gasteiger partial charge is 0.355 e. The van der Waals surface area contributed by atoms with Crippen LogP contribution in [0.1, 0.15) is 18.1 Å². The minimum Gasteiger partial charge on any atom is -0.355 e. The molecule has 4 aromatic carbocycles. The quantitative estimate of drug-likeness (QED) is 0.169. The molecule has 1 atom stereocenters. The molecule has 12 heteroatoms. The summed E-state index contributed by atoms with van der Waals surface area (Å²) < 4.78 is 28.9. The van der Waals surface area contributed by atoms with Crippen LogP contribution in [-0.2, 0) is 32.6 Å². The maximum atomic E-state index is 14.4. The first kappa shape index (κ1) is 33.6. The Hall–Kier alpha value is -3.27. The van der Waals surface area contributed by atoms with Gasteiger partial charge in [0, 0.05) is 19.5 Å². The zero-order valence-electron chi connectivity index (χ0n) is 23.6. The summed E-state index contributed by atoms with van der Waals surface area (Å²) in [5.41, 5.74) is 1.54. The lowest BCUT2D eigenvalue weighted by Crippen LogP contribution is -2.53. The Morgan fingerprint density at radius 1 is 0.750 bits per heavy atom. The molecule has 0 spiro atoms. The number of nitrogens with zero attached hydrogens (tertiary/aromatic N) is 2. The maximum absolute atomic E-state index is 14.4. The first-order valence-corrected chi connectivity index (χ1v) is 16.5. The van der Waals surface area contributed by atoms with Crippen molar-refractivity contribution in [2.75, 3.05) is 17.4 Å². The Kier molecular flexibility index (Phi) is 11.6. The van der Waals surface area contributed by atoms with Crippen molar-refractivity contribution in [3.05, 3.63) is 128 Å². The van der Waals surface area contributed by atoms with Gasteiger partial charge in [-0.05, 0) is 60.5 Å². The van der Waals surface area contributed by atoms with Crippen molar-refractivity contribution in [3.8, 4) is 0 Å². The molecule has 230 valence electrons. The second-order valence-electron chi connectivity index (χ2n) is 9.79. The van der Waals surface area contributed by atoms with Gasteiger partial charge < -0.3 is 10.2 Å². The van der Waals surface area contributed by atoms with Crippen molar-refractivity contribution >= 4 is 73.9 Å². The van der Waals surface area contributed by atoms with Crippen molar-refractivity contribution in [3.63, 3.8) is 0 Å². The highest BCUT2D eigenvalue weighted by Gasteiger charge is 2.34. The van der Waals surface area contributed by atoms with Crippen LogP contribution in [0.15, 0.2) is 102 Å². The summed E-state index contributed by atoms with van der Waals surface area (Å²) in [6.45, 7) is 1.42. The first-order valence-electron chi connectivity index (χ1n) is 13.6. The highest BCUT2D eigenvalue weighted by Crippen LogP contribution is 2.31. The van der Waals surface area contributed by atoms with Gasteiger partial charge in [-0.3, -0.25) is 13.9 Å². The van der Waals surface area contributed by atoms with Crippen molar-refractivity contribution < 1.29 is 18.0 Å². The number of benzene rings is 4. The fourth-order valence-electron chi connectivity index (χ4n) is 4.57. The number of amides is 2. The molecule has 0 aliphatic rings. The molecule has 0 saturated heterocycles. The van der Waals surface area contributed by atoms with E-state index >= 15 is 0 Å². The van der Waals surface area contributed by atoms with Gasteiger partial charge >= 0.3 is 0 Å². The number of rotatable bonds is 12. The molecule has 0 heterocycles. The van der Waals surface area contributed by atoms with Gasteiger partial charge in [-0.25, -0.2) is 8.42 Å². The summed E-state index contributed by atoms with van der Waals surface area (Å²) in [5.74, 6) is -1.02. The number of hydrogen-bond donors (Lipinski definition) is 1. The number of anilines is 1. The lowest BCUT2D eigenvalue weighted by atomic mass is 10.0. The molecule has 0 fully saturated rings. The predicted octanol–water partition coefficient (Wildman–Crippen LogP) is 7.27. The molecule has 2 amide bonds. The van der Waals surface area contributed by atoms with Gasteiger partial charge in [0.05, 0.1) is 30.7 Å². The standard InChI is InChI=1S/C32H29Cl4N3O4S/c1-2-37-32(41)30(18-22-9-5-3-6-10-22)38(20-23-13-15-26(33)28(35)17-23)31(40)21-39(24-14-16-27(34)29(36)19-24)44(42,43)25-11-7-4-8-12-25/h3-17,19,30H,2,18,20-21H2,1H3,(H,37,41)/t30-/m0/s1. The molecule has 44 heavy (non-hydrogen) atoms. The van der Waals surface area contributed by atoms with Gasteiger partial charge in [-0.15, -0.1) is 0 Å². The van der Waals surface area contributed by atoms with Crippen LogP contribution in [0.4, 0.5) is 5.69 Å². The van der Waals surface area contributed by atoms with Crippen molar-refractivity contribution in [1.82, 2.24) is 10.2 Å². The van der Waals surface area contributed by atoms with E-state index in [2.05, 4.69) is 5.32 Å². The average Bonchev–Trinajstić information content (AvgIpc) is 3.01. The first-order chi connectivity index (χ1) is 21.0. The van der Waals surface area contributed by atoms with E-state index in [1.54, 1.807) is 43.3 Å². The summed E-state index contributed by atoms with van der Waals surface area (Å²) in [6, 6.07) is 25.2. The third-order valence-electron chi connectivity index (χ3n) is 6.76. The third-order valence-corrected chi connectivity index (χ3v) is 10.0. The van der Waals surface area contributed by atoms with Crippen LogP contribution in [0.3, 0.4) is 0 Å². The van der Waals surface area contributed by atoms with E-state index in [4.69, 9.17) is 46.4 Å². The summed E-state index contributed by atoms with van der Waals surface area (Å²) in [7, 11) is -4.27. The lowest BCUT2D eigenvalue weighted by molar-refractivity contribution is -0.140. The van der Waals surface area contributed by atoms with Crippen molar-refractivity contribution in [1.29, 1.82) is 0 Å². The number of sulfonamides is 1. The van der Waals surface area contributed by atoms with Crippen LogP contribution in [0, 0.1) is 0 Å². The lowest BCUT2D eigenvalue weighted by Gasteiger charge is -2.34. The zero-order chi connectivity index (χ0) is 31.9. The van der Waals surface area contributed by atoms with Crippen LogP contribution in [0.25, 0.3) is 0 Å². The molecule has 0 aliphatic heterocycles. The van der Waals surface area contributed by atoms with Crippen LogP contribution in [0.5, 0.6) is 0 Å². The number of carbonyl (C=O) groups is 2. The van der Waals surface area contributed by atoms with Crippen LogP contribution < -0.4 is 9.62 Å². The van der Waals surface area contributed by atoms with Gasteiger partial charge in [0.15, 0.2) is 0 Å². The molecule has 0 bridgehead atoms. The minimum atomic E-state index is -4.27. The smallest absolute Gasteiger partial charge is 0.264 e. The Labute approximate surface area is 277 Å². The van der Waals surface area contributed by atoms with Crippen LogP contribution >= 0.6 is 46.4 Å². The Balaban J connectivity index is 1.82. The second-order valence-corrected chi connectivity index (χ2v) is 13.3. The summed E-state index contributed by atoms with van der Waals surface area (Å²) in [6.07, 6.45) is 0.179. The topological polar surface area (TPSA) is 86.8 Å². The van der Waals surface area contributed by atoms with Gasteiger partial charge in [0.1, 0.15) is 12.6 Å². The van der Waals surface area contributed by atoms with Gasteiger partial charge in [0.2, 0.25) is 11.8 Å². The van der Waals surface area contributed by atoms with Crippen LogP contribution in [0.2, 0.25) is 20.1 Å². The molecule has 0 radical (unpaired) electrons. The molecule has 1 N–H and O–H groups in total. The van der Waals surface area contributed by atoms with E-state index in [0.717, 1.165) is 9.87 Å². The molecule has 0 unspecified atom stereocenters. The molecule has 4 rings (SSSR count). The second kappa shape index (κ2) is 15.1. The zero-order valence-corrected chi connectivity index (χ0v) is 27.4. The summed E-state index contributed by atoms with van der Waals surface area (Å²) in [5, 5.41) is 3.76. The fourth-order valence-corrected chi connectivity index (χ4v) is 6.61.